The molecule has 0 aliphatic carbocycles. The summed E-state index contributed by atoms with van der Waals surface area (Å²) in [5.41, 5.74) is 6.38. The molecule has 1 atom stereocenters. The Morgan fingerprint density at radius 1 is 0.950 bits per heavy atom. The normalized spacial score (nSPS) is 18.4. The minimum absolute atomic E-state index is 0.338. The summed E-state index contributed by atoms with van der Waals surface area (Å²) in [5, 5.41) is 0. The largest absolute Gasteiger partial charge is 0.281 e. The highest BCUT2D eigenvalue weighted by Gasteiger charge is 2.16. The molecule has 1 heteroatoms. The van der Waals surface area contributed by atoms with Gasteiger partial charge in [-0.15, -0.1) is 0 Å². The van der Waals surface area contributed by atoms with Crippen LogP contribution in [0.15, 0.2) is 65.7 Å². The van der Waals surface area contributed by atoms with Crippen LogP contribution in [0.3, 0.4) is 0 Å². The Labute approximate surface area is 120 Å². The number of aryl methyl sites for hydroxylation is 1. The fourth-order valence-corrected chi connectivity index (χ4v) is 2.75. The van der Waals surface area contributed by atoms with Crippen LogP contribution in [-0.4, -0.2) is 11.8 Å². The number of rotatable bonds is 2. The number of hydrogen-bond donors (Lipinski definition) is 0. The number of aliphatic imine (C=N–C) groups is 1. The maximum Gasteiger partial charge on any atom is 0.0652 e. The van der Waals surface area contributed by atoms with Gasteiger partial charge >= 0.3 is 0 Å². The molecule has 2 aromatic carbocycles. The fraction of sp³-hybridized carbons (Fsp3) is 0.211. The van der Waals surface area contributed by atoms with Crippen LogP contribution in [0, 0.1) is 6.92 Å². The van der Waals surface area contributed by atoms with Crippen LogP contribution in [0.25, 0.3) is 5.57 Å². The van der Waals surface area contributed by atoms with E-state index in [0.717, 1.165) is 12.1 Å². The van der Waals surface area contributed by atoms with Crippen molar-refractivity contribution in [3.05, 3.63) is 77.4 Å². The van der Waals surface area contributed by atoms with Crippen LogP contribution >= 0.6 is 0 Å². The van der Waals surface area contributed by atoms with Gasteiger partial charge < -0.3 is 0 Å². The van der Waals surface area contributed by atoms with Gasteiger partial charge in [0, 0.05) is 0 Å². The smallest absolute Gasteiger partial charge is 0.0652 e. The quantitative estimate of drug-likeness (QED) is 0.745. The first-order valence-electron chi connectivity index (χ1n) is 7.14. The van der Waals surface area contributed by atoms with Crippen molar-refractivity contribution in [1.82, 2.24) is 0 Å². The molecular formula is C19H19N. The molecule has 0 fully saturated rings. The van der Waals surface area contributed by atoms with Gasteiger partial charge in [0.15, 0.2) is 0 Å². The first-order chi connectivity index (χ1) is 9.74. The third kappa shape index (κ3) is 2.57. The van der Waals surface area contributed by atoms with E-state index in [2.05, 4.69) is 68.5 Å². The molecule has 1 unspecified atom stereocenters. The highest BCUT2D eigenvalue weighted by molar-refractivity contribution is 6.13. The molecular weight excluding hydrogens is 242 g/mol. The van der Waals surface area contributed by atoms with E-state index in [-0.39, 0.29) is 0 Å². The lowest BCUT2D eigenvalue weighted by molar-refractivity contribution is 0.763. The lowest BCUT2D eigenvalue weighted by Crippen LogP contribution is -2.12. The summed E-state index contributed by atoms with van der Waals surface area (Å²) in [4.78, 5) is 4.80. The van der Waals surface area contributed by atoms with E-state index >= 15 is 0 Å². The third-order valence-corrected chi connectivity index (χ3v) is 3.75. The second-order valence-corrected chi connectivity index (χ2v) is 5.42. The zero-order valence-corrected chi connectivity index (χ0v) is 12.0. The summed E-state index contributed by atoms with van der Waals surface area (Å²) in [6.07, 6.45) is 3.26. The maximum absolute atomic E-state index is 4.80. The van der Waals surface area contributed by atoms with E-state index in [9.17, 15) is 0 Å². The molecule has 1 heterocycles. The molecule has 0 radical (unpaired) electrons. The van der Waals surface area contributed by atoms with Gasteiger partial charge in [-0.1, -0.05) is 54.6 Å². The number of allylic oxidation sites excluding steroid dienone is 1. The summed E-state index contributed by atoms with van der Waals surface area (Å²) in [7, 11) is 0. The van der Waals surface area contributed by atoms with Crippen molar-refractivity contribution in [2.45, 2.75) is 26.3 Å². The topological polar surface area (TPSA) is 12.4 Å². The van der Waals surface area contributed by atoms with Crippen LogP contribution in [0.4, 0.5) is 0 Å². The van der Waals surface area contributed by atoms with E-state index in [1.165, 1.54) is 22.3 Å². The van der Waals surface area contributed by atoms with Gasteiger partial charge in [0.1, 0.15) is 0 Å². The summed E-state index contributed by atoms with van der Waals surface area (Å²) in [5.74, 6) is 0. The zero-order chi connectivity index (χ0) is 13.9. The number of benzene rings is 2. The van der Waals surface area contributed by atoms with Gasteiger partial charge in [-0.2, -0.15) is 0 Å². The molecule has 2 aromatic rings. The minimum atomic E-state index is 0.338. The first-order valence-corrected chi connectivity index (χ1v) is 7.14. The fourth-order valence-electron chi connectivity index (χ4n) is 2.75. The Kier molecular flexibility index (Phi) is 3.51. The zero-order valence-electron chi connectivity index (χ0n) is 12.0. The second-order valence-electron chi connectivity index (χ2n) is 5.42. The van der Waals surface area contributed by atoms with Gasteiger partial charge in [-0.3, -0.25) is 4.99 Å². The maximum atomic E-state index is 4.80. The monoisotopic (exact) mass is 261 g/mol. The Hall–Kier alpha value is -2.15. The van der Waals surface area contributed by atoms with E-state index in [4.69, 9.17) is 4.99 Å². The molecule has 1 aliphatic rings. The number of nitrogens with zero attached hydrogens (tertiary/aromatic N) is 1. The van der Waals surface area contributed by atoms with Crippen LogP contribution in [-0.2, 0) is 0 Å². The number of dihydropyridines is 1. The highest BCUT2D eigenvalue weighted by atomic mass is 14.8. The SMILES string of the molecule is Cc1ccccc1C1=CC(c2ccccc2)=NC(C)C1. The van der Waals surface area contributed by atoms with Crippen LogP contribution in [0.5, 0.6) is 0 Å². The van der Waals surface area contributed by atoms with Crippen molar-refractivity contribution < 1.29 is 0 Å². The van der Waals surface area contributed by atoms with Crippen LogP contribution < -0.4 is 0 Å². The van der Waals surface area contributed by atoms with Crippen molar-refractivity contribution in [2.24, 2.45) is 4.99 Å². The molecule has 100 valence electrons. The van der Waals surface area contributed by atoms with Crippen molar-refractivity contribution >= 4 is 11.3 Å². The molecule has 0 aromatic heterocycles. The summed E-state index contributed by atoms with van der Waals surface area (Å²) in [6, 6.07) is 19.4. The Balaban J connectivity index is 2.04. The molecule has 20 heavy (non-hydrogen) atoms. The lowest BCUT2D eigenvalue weighted by Gasteiger charge is -2.20. The van der Waals surface area contributed by atoms with Crippen molar-refractivity contribution in [3.63, 3.8) is 0 Å². The second kappa shape index (κ2) is 5.46. The predicted molar refractivity (Wildman–Crippen MR) is 86.2 cm³/mol. The predicted octanol–water partition coefficient (Wildman–Crippen LogP) is 4.66. The average molecular weight is 261 g/mol. The molecule has 0 N–H and O–H groups in total. The van der Waals surface area contributed by atoms with Gasteiger partial charge in [0.25, 0.3) is 0 Å². The van der Waals surface area contributed by atoms with E-state index < -0.39 is 0 Å². The Bertz CT molecular complexity index is 665. The highest BCUT2D eigenvalue weighted by Crippen LogP contribution is 2.28. The standard InChI is InChI=1S/C19H19N/c1-14-8-6-7-11-18(14)17-12-15(2)20-19(13-17)16-9-4-3-5-10-16/h3-11,13,15H,12H2,1-2H3. The van der Waals surface area contributed by atoms with Crippen molar-refractivity contribution in [2.75, 3.05) is 0 Å². The van der Waals surface area contributed by atoms with E-state index in [1.807, 2.05) is 6.07 Å². The molecule has 0 bridgehead atoms. The summed E-state index contributed by atoms with van der Waals surface area (Å²) >= 11 is 0. The van der Waals surface area contributed by atoms with Crippen LogP contribution in [0.1, 0.15) is 30.0 Å². The molecule has 0 amide bonds. The van der Waals surface area contributed by atoms with Gasteiger partial charge in [-0.25, -0.2) is 0 Å². The molecule has 0 saturated heterocycles. The van der Waals surface area contributed by atoms with Crippen LogP contribution in [0.2, 0.25) is 0 Å². The Morgan fingerprint density at radius 2 is 1.65 bits per heavy atom. The first kappa shape index (κ1) is 12.9. The lowest BCUT2D eigenvalue weighted by atomic mass is 9.91. The summed E-state index contributed by atoms with van der Waals surface area (Å²) < 4.78 is 0. The molecule has 3 rings (SSSR count). The molecule has 0 spiro atoms. The average Bonchev–Trinajstić information content (AvgIpc) is 2.48. The summed E-state index contributed by atoms with van der Waals surface area (Å²) in [6.45, 7) is 4.36. The van der Waals surface area contributed by atoms with Gasteiger partial charge in [-0.05, 0) is 48.6 Å². The van der Waals surface area contributed by atoms with Gasteiger partial charge in [0.2, 0.25) is 0 Å². The van der Waals surface area contributed by atoms with E-state index in [1.54, 1.807) is 0 Å². The number of hydrogen-bond acceptors (Lipinski definition) is 1. The minimum Gasteiger partial charge on any atom is -0.281 e. The third-order valence-electron chi connectivity index (χ3n) is 3.75. The van der Waals surface area contributed by atoms with Crippen molar-refractivity contribution in [3.8, 4) is 0 Å². The van der Waals surface area contributed by atoms with E-state index in [0.29, 0.717) is 6.04 Å². The molecule has 0 saturated carbocycles. The molecule has 1 nitrogen and oxygen atoms in total. The van der Waals surface area contributed by atoms with Crippen molar-refractivity contribution in [1.29, 1.82) is 0 Å². The van der Waals surface area contributed by atoms with Gasteiger partial charge in [0.05, 0.1) is 11.8 Å². The molecule has 1 aliphatic heterocycles. The Morgan fingerprint density at radius 3 is 2.40 bits per heavy atom.